The lowest BCUT2D eigenvalue weighted by molar-refractivity contribution is -0.121. The molecular weight excluding hydrogens is 310 g/mol. The molecule has 1 rings (SSSR count). The minimum atomic E-state index is -2.31. The van der Waals surface area contributed by atoms with Gasteiger partial charge in [-0.15, -0.1) is 0 Å². The minimum Gasteiger partial charge on any atom is -0.350 e. The average Bonchev–Trinajstić information content (AvgIpc) is 2.42. The third kappa shape index (κ3) is 6.52. The van der Waals surface area contributed by atoms with Gasteiger partial charge in [0.2, 0.25) is 5.91 Å². The Balaban J connectivity index is 2.18. The van der Waals surface area contributed by atoms with Gasteiger partial charge in [-0.05, 0) is 31.8 Å². The van der Waals surface area contributed by atoms with Crippen molar-refractivity contribution >= 4 is 16.0 Å². The molecule has 1 aliphatic carbocycles. The van der Waals surface area contributed by atoms with Crippen LogP contribution >= 0.6 is 0 Å². The van der Waals surface area contributed by atoms with Crippen LogP contribution in [0.5, 0.6) is 0 Å². The van der Waals surface area contributed by atoms with Crippen LogP contribution in [0.3, 0.4) is 0 Å². The summed E-state index contributed by atoms with van der Waals surface area (Å²) in [6, 6.07) is -0.408. The van der Waals surface area contributed by atoms with Crippen molar-refractivity contribution in [3.8, 4) is 0 Å². The maximum atomic E-state index is 13.1. The predicted octanol–water partition coefficient (Wildman–Crippen LogP) is 2.19. The molecule has 0 spiro atoms. The molecule has 0 saturated carbocycles. The van der Waals surface area contributed by atoms with Gasteiger partial charge in [0, 0.05) is 24.5 Å². The molecule has 4 nitrogen and oxygen atoms in total. The minimum absolute atomic E-state index is 0.100. The SMILES string of the molecule is CC(C)[SH](C)(=O)NCCCCC(=O)N[C@H]1C=C(F)C(F)CC1. The fourth-order valence-corrected chi connectivity index (χ4v) is 3.10. The molecule has 0 saturated heterocycles. The van der Waals surface area contributed by atoms with Crippen molar-refractivity contribution in [3.63, 3.8) is 0 Å². The van der Waals surface area contributed by atoms with Crippen LogP contribution in [0.15, 0.2) is 11.9 Å². The van der Waals surface area contributed by atoms with Gasteiger partial charge >= 0.3 is 0 Å². The molecule has 22 heavy (non-hydrogen) atoms. The third-order valence-electron chi connectivity index (χ3n) is 3.98. The summed E-state index contributed by atoms with van der Waals surface area (Å²) in [7, 11) is -2.31. The summed E-state index contributed by atoms with van der Waals surface area (Å²) in [5.41, 5.74) is 0. The van der Waals surface area contributed by atoms with E-state index in [1.165, 1.54) is 0 Å². The number of allylic oxidation sites excluding steroid dienone is 1. The Morgan fingerprint density at radius 1 is 1.41 bits per heavy atom. The summed E-state index contributed by atoms with van der Waals surface area (Å²) in [4.78, 5) is 11.7. The van der Waals surface area contributed by atoms with Gasteiger partial charge < -0.3 is 5.32 Å². The first-order valence-corrected chi connectivity index (χ1v) is 10.1. The third-order valence-corrected chi connectivity index (χ3v) is 6.80. The molecule has 0 heterocycles. The second kappa shape index (κ2) is 8.72. The van der Waals surface area contributed by atoms with Gasteiger partial charge in [0.05, 0.1) is 6.04 Å². The number of carbonyl (C=O) groups is 1. The maximum Gasteiger partial charge on any atom is 0.220 e. The largest absolute Gasteiger partial charge is 0.350 e. The molecule has 0 aromatic rings. The number of nitrogens with one attached hydrogen (secondary N) is 2. The van der Waals surface area contributed by atoms with Crippen molar-refractivity contribution in [2.24, 2.45) is 0 Å². The van der Waals surface area contributed by atoms with E-state index in [-0.39, 0.29) is 17.6 Å². The van der Waals surface area contributed by atoms with Crippen molar-refractivity contribution < 1.29 is 17.8 Å². The van der Waals surface area contributed by atoms with Crippen LogP contribution in [0.4, 0.5) is 8.78 Å². The monoisotopic (exact) mass is 338 g/mol. The molecule has 130 valence electrons. The van der Waals surface area contributed by atoms with Crippen molar-refractivity contribution in [2.75, 3.05) is 12.8 Å². The van der Waals surface area contributed by atoms with E-state index in [0.29, 0.717) is 25.8 Å². The average molecular weight is 338 g/mol. The summed E-state index contributed by atoms with van der Waals surface area (Å²) >= 11 is 0. The van der Waals surface area contributed by atoms with E-state index in [4.69, 9.17) is 0 Å². The fourth-order valence-electron chi connectivity index (χ4n) is 2.13. The molecule has 7 heteroatoms. The molecule has 0 aromatic carbocycles. The Morgan fingerprint density at radius 2 is 2.09 bits per heavy atom. The summed E-state index contributed by atoms with van der Waals surface area (Å²) in [5.74, 6) is -0.942. The van der Waals surface area contributed by atoms with E-state index >= 15 is 0 Å². The number of carbonyl (C=O) groups excluding carboxylic acids is 1. The number of alkyl halides is 1. The second-order valence-corrected chi connectivity index (χ2v) is 9.55. The Labute approximate surface area is 132 Å². The van der Waals surface area contributed by atoms with Crippen LogP contribution in [-0.2, 0) is 14.9 Å². The Morgan fingerprint density at radius 3 is 2.68 bits per heavy atom. The highest BCUT2D eigenvalue weighted by Crippen LogP contribution is 2.22. The maximum absolute atomic E-state index is 13.1. The van der Waals surface area contributed by atoms with Crippen molar-refractivity contribution in [1.29, 1.82) is 0 Å². The predicted molar refractivity (Wildman–Crippen MR) is 87.7 cm³/mol. The fraction of sp³-hybridized carbons (Fsp3) is 0.800. The molecule has 0 aliphatic heterocycles. The van der Waals surface area contributed by atoms with Crippen LogP contribution < -0.4 is 10.0 Å². The van der Waals surface area contributed by atoms with Crippen LogP contribution in [0.1, 0.15) is 46.0 Å². The number of halogens is 2. The highest BCUT2D eigenvalue weighted by atomic mass is 32.3. The van der Waals surface area contributed by atoms with Crippen LogP contribution in [-0.4, -0.2) is 40.4 Å². The van der Waals surface area contributed by atoms with E-state index in [0.717, 1.165) is 12.5 Å². The smallest absolute Gasteiger partial charge is 0.220 e. The first kappa shape index (κ1) is 19.2. The molecule has 0 bridgehead atoms. The molecular formula is C15H28F2N2O2S. The molecule has 2 atom stereocenters. The molecule has 0 aromatic heterocycles. The lowest BCUT2D eigenvalue weighted by Gasteiger charge is -2.24. The van der Waals surface area contributed by atoms with Gasteiger partial charge in [0.25, 0.3) is 0 Å². The van der Waals surface area contributed by atoms with E-state index in [9.17, 15) is 17.8 Å². The van der Waals surface area contributed by atoms with Gasteiger partial charge in [-0.3, -0.25) is 13.7 Å². The second-order valence-electron chi connectivity index (χ2n) is 6.22. The van der Waals surface area contributed by atoms with Crippen LogP contribution in [0, 0.1) is 0 Å². The molecule has 1 amide bonds. The van der Waals surface area contributed by atoms with Crippen LogP contribution in [0.25, 0.3) is 0 Å². The lowest BCUT2D eigenvalue weighted by Crippen LogP contribution is -2.38. The summed E-state index contributed by atoms with van der Waals surface area (Å²) in [5, 5.41) is 2.80. The highest BCUT2D eigenvalue weighted by Gasteiger charge is 2.23. The number of rotatable bonds is 8. The standard InChI is InChI=1S/C15H28F2N2O2S/c1-11(2)22(3,21)18-9-5-4-6-15(20)19-12-7-8-13(16)14(17)10-12/h10-13,22H,4-9H2,1-3H3,(H,18,21)(H,19,20)/t12-,13?/m1/s1. The van der Waals surface area contributed by atoms with E-state index in [1.807, 2.05) is 13.8 Å². The first-order valence-electron chi connectivity index (χ1n) is 7.85. The number of amides is 1. The molecule has 1 unspecified atom stereocenters. The molecule has 2 N–H and O–H groups in total. The summed E-state index contributed by atoms with van der Waals surface area (Å²) in [6.07, 6.45) is 3.65. The Kier molecular flexibility index (Phi) is 7.62. The molecule has 1 aliphatic rings. The van der Waals surface area contributed by atoms with E-state index in [1.54, 1.807) is 6.26 Å². The summed E-state index contributed by atoms with van der Waals surface area (Å²) in [6.45, 7) is 4.45. The lowest BCUT2D eigenvalue weighted by atomic mass is 10.0. The van der Waals surface area contributed by atoms with Crippen molar-refractivity contribution in [3.05, 3.63) is 11.9 Å². The van der Waals surface area contributed by atoms with Gasteiger partial charge in [-0.25, -0.2) is 8.78 Å². The highest BCUT2D eigenvalue weighted by molar-refractivity contribution is 8.01. The number of thiol groups is 1. The zero-order valence-electron chi connectivity index (χ0n) is 13.6. The van der Waals surface area contributed by atoms with E-state index < -0.39 is 28.2 Å². The number of unbranched alkanes of at least 4 members (excludes halogenated alkanes) is 1. The van der Waals surface area contributed by atoms with E-state index in [2.05, 4.69) is 10.0 Å². The molecule has 0 fully saturated rings. The van der Waals surface area contributed by atoms with Gasteiger partial charge in [-0.1, -0.05) is 24.0 Å². The Hall–Kier alpha value is -0.820. The van der Waals surface area contributed by atoms with Crippen molar-refractivity contribution in [2.45, 2.75) is 63.4 Å². The van der Waals surface area contributed by atoms with Crippen molar-refractivity contribution in [1.82, 2.24) is 10.0 Å². The van der Waals surface area contributed by atoms with Gasteiger partial charge in [0.15, 0.2) is 6.17 Å². The van der Waals surface area contributed by atoms with Crippen LogP contribution in [0.2, 0.25) is 0 Å². The first-order chi connectivity index (χ1) is 10.2. The topological polar surface area (TPSA) is 58.2 Å². The summed E-state index contributed by atoms with van der Waals surface area (Å²) < 4.78 is 41.2. The number of hydrogen-bond donors (Lipinski definition) is 3. The normalized spacial score (nSPS) is 23.3. The zero-order chi connectivity index (χ0) is 16.8. The van der Waals surface area contributed by atoms with Gasteiger partial charge in [0.1, 0.15) is 5.83 Å². The Bertz CT molecular complexity index is 455. The number of hydrogen-bond acceptors (Lipinski definition) is 2. The molecule has 0 radical (unpaired) electrons. The quantitative estimate of drug-likeness (QED) is 0.469. The zero-order valence-corrected chi connectivity index (χ0v) is 14.5. The van der Waals surface area contributed by atoms with Gasteiger partial charge in [-0.2, -0.15) is 0 Å².